The van der Waals surface area contributed by atoms with Gasteiger partial charge in [0, 0.05) is 16.8 Å². The van der Waals surface area contributed by atoms with E-state index in [1.165, 1.54) is 11.3 Å². The van der Waals surface area contributed by atoms with Crippen molar-refractivity contribution in [3.8, 4) is 17.1 Å². The van der Waals surface area contributed by atoms with Crippen LogP contribution in [-0.4, -0.2) is 26.7 Å². The molecule has 20 heavy (non-hydrogen) atoms. The van der Waals surface area contributed by atoms with Crippen molar-refractivity contribution in [2.75, 3.05) is 7.11 Å². The van der Waals surface area contributed by atoms with Gasteiger partial charge in [0.1, 0.15) is 12.1 Å². The number of nitrogens with zero attached hydrogens (tertiary/aromatic N) is 4. The number of fused-ring (bicyclic) bond motifs is 3. The van der Waals surface area contributed by atoms with Gasteiger partial charge in [-0.3, -0.25) is 0 Å². The van der Waals surface area contributed by atoms with Crippen molar-refractivity contribution in [2.45, 2.75) is 19.3 Å². The summed E-state index contributed by atoms with van der Waals surface area (Å²) in [6, 6.07) is 7.79. The lowest BCUT2D eigenvalue weighted by Gasteiger charge is -1.99. The minimum Gasteiger partial charge on any atom is -0.497 e. The number of hydrogen-bond donors (Lipinski definition) is 0. The lowest BCUT2D eigenvalue weighted by molar-refractivity contribution is 0.415. The normalized spacial score (nSPS) is 13.7. The zero-order valence-corrected chi connectivity index (χ0v) is 11.2. The van der Waals surface area contributed by atoms with Gasteiger partial charge in [-0.15, -0.1) is 5.10 Å². The molecule has 5 heteroatoms. The summed E-state index contributed by atoms with van der Waals surface area (Å²) in [7, 11) is 1.66. The molecule has 0 fully saturated rings. The fourth-order valence-corrected chi connectivity index (χ4v) is 2.71. The van der Waals surface area contributed by atoms with Crippen molar-refractivity contribution in [1.29, 1.82) is 0 Å². The van der Waals surface area contributed by atoms with E-state index in [1.54, 1.807) is 18.0 Å². The third-order valence-electron chi connectivity index (χ3n) is 3.76. The fraction of sp³-hybridized carbons (Fsp3) is 0.267. The van der Waals surface area contributed by atoms with E-state index in [0.717, 1.165) is 42.0 Å². The first-order valence-corrected chi connectivity index (χ1v) is 6.73. The molecule has 1 aromatic carbocycles. The first-order valence-electron chi connectivity index (χ1n) is 6.73. The maximum atomic E-state index is 5.17. The molecule has 0 radical (unpaired) electrons. The van der Waals surface area contributed by atoms with Gasteiger partial charge in [0.05, 0.1) is 7.11 Å². The predicted octanol–water partition coefficient (Wildman–Crippen LogP) is 2.29. The van der Waals surface area contributed by atoms with E-state index in [9.17, 15) is 0 Å². The number of ether oxygens (including phenoxy) is 1. The fourth-order valence-electron chi connectivity index (χ4n) is 2.71. The Hall–Kier alpha value is -2.43. The van der Waals surface area contributed by atoms with Crippen LogP contribution in [-0.2, 0) is 12.8 Å². The second-order valence-electron chi connectivity index (χ2n) is 4.96. The molecule has 2 aromatic heterocycles. The van der Waals surface area contributed by atoms with Crippen molar-refractivity contribution < 1.29 is 4.74 Å². The molecule has 0 aliphatic heterocycles. The summed E-state index contributed by atoms with van der Waals surface area (Å²) in [5.74, 6) is 1.56. The quantitative estimate of drug-likeness (QED) is 0.714. The van der Waals surface area contributed by atoms with Crippen LogP contribution in [0.4, 0.5) is 0 Å². The Morgan fingerprint density at radius 1 is 1.15 bits per heavy atom. The van der Waals surface area contributed by atoms with Crippen LogP contribution >= 0.6 is 0 Å². The van der Waals surface area contributed by atoms with Gasteiger partial charge < -0.3 is 4.74 Å². The van der Waals surface area contributed by atoms with E-state index in [-0.39, 0.29) is 0 Å². The van der Waals surface area contributed by atoms with Gasteiger partial charge >= 0.3 is 0 Å². The highest BCUT2D eigenvalue weighted by Gasteiger charge is 2.18. The Morgan fingerprint density at radius 2 is 2.00 bits per heavy atom. The molecule has 0 unspecified atom stereocenters. The largest absolute Gasteiger partial charge is 0.497 e. The van der Waals surface area contributed by atoms with Crippen LogP contribution in [0, 0.1) is 0 Å². The first kappa shape index (κ1) is 11.4. The molecule has 3 aromatic rings. The highest BCUT2D eigenvalue weighted by Crippen LogP contribution is 2.25. The Labute approximate surface area is 116 Å². The minimum atomic E-state index is 0.731. The number of aryl methyl sites for hydroxylation is 2. The molecular weight excluding hydrogens is 252 g/mol. The van der Waals surface area contributed by atoms with Gasteiger partial charge in [0.15, 0.2) is 11.5 Å². The van der Waals surface area contributed by atoms with Crippen LogP contribution in [0.2, 0.25) is 0 Å². The molecule has 0 N–H and O–H groups in total. The number of rotatable bonds is 2. The Bertz CT molecular complexity index is 776. The number of methoxy groups -OCH3 is 1. The van der Waals surface area contributed by atoms with Gasteiger partial charge in [0.2, 0.25) is 0 Å². The summed E-state index contributed by atoms with van der Waals surface area (Å²) in [5, 5.41) is 4.52. The van der Waals surface area contributed by atoms with E-state index >= 15 is 0 Å². The highest BCUT2D eigenvalue weighted by atomic mass is 16.5. The van der Waals surface area contributed by atoms with Crippen molar-refractivity contribution in [1.82, 2.24) is 19.6 Å². The van der Waals surface area contributed by atoms with E-state index < -0.39 is 0 Å². The summed E-state index contributed by atoms with van der Waals surface area (Å²) in [6.07, 6.45) is 5.02. The van der Waals surface area contributed by atoms with Crippen LogP contribution < -0.4 is 4.74 Å². The first-order chi connectivity index (χ1) is 9.85. The third kappa shape index (κ3) is 1.66. The summed E-state index contributed by atoms with van der Waals surface area (Å²) in [4.78, 5) is 9.14. The van der Waals surface area contributed by atoms with Gasteiger partial charge in [-0.05, 0) is 43.5 Å². The van der Waals surface area contributed by atoms with Crippen LogP contribution in [0.15, 0.2) is 30.6 Å². The predicted molar refractivity (Wildman–Crippen MR) is 74.8 cm³/mol. The number of benzene rings is 1. The summed E-state index contributed by atoms with van der Waals surface area (Å²) < 4.78 is 6.95. The molecule has 100 valence electrons. The molecular formula is C15H14N4O. The van der Waals surface area contributed by atoms with Crippen LogP contribution in [0.5, 0.6) is 5.75 Å². The highest BCUT2D eigenvalue weighted by molar-refractivity contribution is 5.61. The van der Waals surface area contributed by atoms with Gasteiger partial charge in [0.25, 0.3) is 0 Å². The van der Waals surface area contributed by atoms with Crippen molar-refractivity contribution in [3.63, 3.8) is 0 Å². The monoisotopic (exact) mass is 266 g/mol. The SMILES string of the molecule is COc1ccc(-c2nc3c4c(ncn3n2)CCC4)cc1. The lowest BCUT2D eigenvalue weighted by atomic mass is 10.2. The zero-order valence-electron chi connectivity index (χ0n) is 11.2. The number of hydrogen-bond acceptors (Lipinski definition) is 4. The summed E-state index contributed by atoms with van der Waals surface area (Å²) in [6.45, 7) is 0. The molecule has 0 atom stereocenters. The molecule has 0 bridgehead atoms. The van der Waals surface area contributed by atoms with Crippen LogP contribution in [0.3, 0.4) is 0 Å². The topological polar surface area (TPSA) is 52.3 Å². The molecule has 1 aliphatic rings. The van der Waals surface area contributed by atoms with E-state index in [0.29, 0.717) is 0 Å². The lowest BCUT2D eigenvalue weighted by Crippen LogP contribution is -1.96. The van der Waals surface area contributed by atoms with E-state index in [2.05, 4.69) is 15.1 Å². The second kappa shape index (κ2) is 4.30. The van der Waals surface area contributed by atoms with Crippen molar-refractivity contribution in [2.24, 2.45) is 0 Å². The maximum absolute atomic E-state index is 5.17. The second-order valence-corrected chi connectivity index (χ2v) is 4.96. The van der Waals surface area contributed by atoms with Crippen molar-refractivity contribution in [3.05, 3.63) is 41.9 Å². The summed E-state index contributed by atoms with van der Waals surface area (Å²) in [5.41, 5.74) is 4.35. The van der Waals surface area contributed by atoms with Crippen molar-refractivity contribution >= 4 is 5.65 Å². The molecule has 2 heterocycles. The molecule has 0 saturated carbocycles. The maximum Gasteiger partial charge on any atom is 0.182 e. The summed E-state index contributed by atoms with van der Waals surface area (Å²) >= 11 is 0. The van der Waals surface area contributed by atoms with Gasteiger partial charge in [-0.1, -0.05) is 0 Å². The Morgan fingerprint density at radius 3 is 2.80 bits per heavy atom. The molecule has 4 rings (SSSR count). The standard InChI is InChI=1S/C15H14N4O/c1-20-11-7-5-10(6-8-11)14-17-15-12-3-2-4-13(12)16-9-19(15)18-14/h5-9H,2-4H2,1H3. The third-order valence-corrected chi connectivity index (χ3v) is 3.76. The Kier molecular flexibility index (Phi) is 2.45. The van der Waals surface area contributed by atoms with Gasteiger partial charge in [-0.2, -0.15) is 0 Å². The molecule has 0 spiro atoms. The van der Waals surface area contributed by atoms with Crippen LogP contribution in [0.25, 0.3) is 17.0 Å². The average molecular weight is 266 g/mol. The van der Waals surface area contributed by atoms with E-state index in [1.807, 2.05) is 24.3 Å². The van der Waals surface area contributed by atoms with E-state index in [4.69, 9.17) is 4.74 Å². The molecule has 1 aliphatic carbocycles. The Balaban J connectivity index is 1.84. The zero-order chi connectivity index (χ0) is 13.5. The molecule has 0 saturated heterocycles. The average Bonchev–Trinajstić information content (AvgIpc) is 3.12. The molecule has 5 nitrogen and oxygen atoms in total. The minimum absolute atomic E-state index is 0.731. The smallest absolute Gasteiger partial charge is 0.182 e. The van der Waals surface area contributed by atoms with Crippen LogP contribution in [0.1, 0.15) is 17.7 Å². The van der Waals surface area contributed by atoms with Gasteiger partial charge in [-0.25, -0.2) is 14.5 Å². The number of aromatic nitrogens is 4. The molecule has 0 amide bonds.